The van der Waals surface area contributed by atoms with E-state index in [0.29, 0.717) is 5.56 Å². The molecule has 0 unspecified atom stereocenters. The maximum absolute atomic E-state index is 12.6. The molecule has 28 heavy (non-hydrogen) atoms. The van der Waals surface area contributed by atoms with Crippen LogP contribution in [0.2, 0.25) is 0 Å². The maximum Gasteiger partial charge on any atom is 0.427 e. The van der Waals surface area contributed by atoms with Gasteiger partial charge in [-0.1, -0.05) is 70.5 Å². The number of ketones is 1. The molecular weight excluding hydrogens is 358 g/mol. The van der Waals surface area contributed by atoms with Crippen molar-refractivity contribution in [2.75, 3.05) is 7.05 Å². The Morgan fingerprint density at radius 3 is 2.50 bits per heavy atom. The fourth-order valence-corrected chi connectivity index (χ4v) is 2.57. The number of nitrogens with zero attached hydrogens (tertiary/aromatic N) is 4. The zero-order chi connectivity index (χ0) is 20.1. The second-order valence-corrected chi connectivity index (χ2v) is 6.12. The Morgan fingerprint density at radius 2 is 1.86 bits per heavy atom. The van der Waals surface area contributed by atoms with Crippen molar-refractivity contribution in [3.63, 3.8) is 0 Å². The minimum Gasteiger partial charge on any atom is -0.856 e. The van der Waals surface area contributed by atoms with Gasteiger partial charge in [0.1, 0.15) is 0 Å². The summed E-state index contributed by atoms with van der Waals surface area (Å²) >= 11 is 0. The fraction of sp³-hybridized carbons (Fsp3) is 0.150. The van der Waals surface area contributed by atoms with Crippen molar-refractivity contribution in [3.05, 3.63) is 87.3 Å². The number of aromatic nitrogens is 3. The molecule has 0 aliphatic heterocycles. The van der Waals surface area contributed by atoms with Gasteiger partial charge in [-0.3, -0.25) is 9.79 Å². The molecule has 0 spiro atoms. The molecule has 8 nitrogen and oxygen atoms in total. The van der Waals surface area contributed by atoms with Crippen LogP contribution in [0.15, 0.2) is 69.5 Å². The zero-order valence-electron chi connectivity index (χ0n) is 15.5. The van der Waals surface area contributed by atoms with Crippen molar-refractivity contribution in [1.29, 1.82) is 0 Å². The number of carbonyl (C=O) groups excluding carboxylic acids is 1. The smallest absolute Gasteiger partial charge is 0.427 e. The van der Waals surface area contributed by atoms with Gasteiger partial charge in [-0.15, -0.1) is 4.68 Å². The first-order valence-corrected chi connectivity index (χ1v) is 8.58. The molecule has 3 rings (SSSR count). The molecule has 0 atom stereocenters. The topological polar surface area (TPSA) is 107 Å². The van der Waals surface area contributed by atoms with Crippen LogP contribution in [0.4, 0.5) is 0 Å². The number of carbonyl (C=O) groups is 1. The van der Waals surface area contributed by atoms with Crippen LogP contribution in [0, 0.1) is 6.92 Å². The molecule has 0 saturated heterocycles. The Hall–Kier alpha value is -3.81. The van der Waals surface area contributed by atoms with Gasteiger partial charge >= 0.3 is 5.56 Å². The number of rotatable bonds is 6. The van der Waals surface area contributed by atoms with Crippen LogP contribution in [0.3, 0.4) is 0 Å². The number of aliphatic imine (C=N–C) groups is 1. The first kappa shape index (κ1) is 19.0. The van der Waals surface area contributed by atoms with E-state index in [1.807, 2.05) is 49.4 Å². The molecule has 2 aromatic carbocycles. The Bertz CT molecular complexity index is 1090. The van der Waals surface area contributed by atoms with E-state index in [-0.39, 0.29) is 18.0 Å². The molecule has 8 heteroatoms. The van der Waals surface area contributed by atoms with E-state index < -0.39 is 11.5 Å². The number of H-pyrrole nitrogens is 1. The van der Waals surface area contributed by atoms with E-state index in [0.717, 1.165) is 15.9 Å². The molecule has 0 aliphatic carbocycles. The molecule has 0 bridgehead atoms. The molecule has 0 aliphatic rings. The van der Waals surface area contributed by atoms with Crippen molar-refractivity contribution >= 4 is 17.9 Å². The van der Waals surface area contributed by atoms with Gasteiger partial charge < -0.3 is 5.11 Å². The van der Waals surface area contributed by atoms with Crippen molar-refractivity contribution in [1.82, 2.24) is 10.0 Å². The third-order valence-corrected chi connectivity index (χ3v) is 4.08. The minimum absolute atomic E-state index is 0.219. The summed E-state index contributed by atoms with van der Waals surface area (Å²) in [6, 6.07) is 16.2. The normalized spacial score (nSPS) is 11.9. The summed E-state index contributed by atoms with van der Waals surface area (Å²) in [5, 5.41) is 18.9. The average molecular weight is 377 g/mol. The van der Waals surface area contributed by atoms with Crippen LogP contribution in [0.25, 0.3) is 0 Å². The standard InChI is InChI=1S/C20H19N5O3/c1-14-8-10-16(11-9-14)17(26)13-24-18(19(27)21-2)20(28)25(23-24)22-12-15-6-4-3-5-7-15/h3-12H,13H2,1-2H3,(H-,21,23,27,28). The number of hydrogen-bond acceptors (Lipinski definition) is 5. The predicted molar refractivity (Wildman–Crippen MR) is 103 cm³/mol. The fourth-order valence-electron chi connectivity index (χ4n) is 2.57. The highest BCUT2D eigenvalue weighted by atomic mass is 16.3. The Labute approximate surface area is 161 Å². The SMILES string of the molecule is CN=C([O-])c1c(=O)n(N=Cc2ccccc2)[nH][n+]1CC(=O)c1ccc(C)cc1. The predicted octanol–water partition coefficient (Wildman–Crippen LogP) is 0.274. The number of benzene rings is 2. The third kappa shape index (κ3) is 4.12. The number of nitrogens with one attached hydrogen (secondary N) is 1. The van der Waals surface area contributed by atoms with E-state index in [2.05, 4.69) is 15.3 Å². The third-order valence-electron chi connectivity index (χ3n) is 4.08. The highest BCUT2D eigenvalue weighted by Gasteiger charge is 2.24. The Morgan fingerprint density at radius 1 is 1.18 bits per heavy atom. The van der Waals surface area contributed by atoms with Gasteiger partial charge in [0, 0.05) is 23.3 Å². The summed E-state index contributed by atoms with van der Waals surface area (Å²) in [6.45, 7) is 1.70. The summed E-state index contributed by atoms with van der Waals surface area (Å²) < 4.78 is 1.17. The van der Waals surface area contributed by atoms with Crippen LogP contribution in [0.5, 0.6) is 0 Å². The van der Waals surface area contributed by atoms with Gasteiger partial charge in [-0.2, -0.15) is 0 Å². The highest BCUT2D eigenvalue weighted by molar-refractivity contribution is 5.95. The van der Waals surface area contributed by atoms with E-state index in [9.17, 15) is 14.7 Å². The summed E-state index contributed by atoms with van der Waals surface area (Å²) in [5.74, 6) is -0.984. The van der Waals surface area contributed by atoms with Crippen LogP contribution < -0.4 is 15.3 Å². The largest absolute Gasteiger partial charge is 0.856 e. The monoisotopic (exact) mass is 377 g/mol. The summed E-state index contributed by atoms with van der Waals surface area (Å²) in [6.07, 6.45) is 1.47. The first-order chi connectivity index (χ1) is 13.5. The second-order valence-electron chi connectivity index (χ2n) is 6.12. The van der Waals surface area contributed by atoms with E-state index in [4.69, 9.17) is 0 Å². The van der Waals surface area contributed by atoms with Gasteiger partial charge in [0.15, 0.2) is 6.54 Å². The van der Waals surface area contributed by atoms with Crippen molar-refractivity contribution in [2.24, 2.45) is 10.1 Å². The molecule has 1 aromatic heterocycles. The number of aryl methyl sites for hydroxylation is 1. The molecule has 0 fully saturated rings. The lowest BCUT2D eigenvalue weighted by atomic mass is 10.1. The van der Waals surface area contributed by atoms with Gasteiger partial charge in [0.2, 0.25) is 5.78 Å². The van der Waals surface area contributed by atoms with Crippen LogP contribution >= 0.6 is 0 Å². The van der Waals surface area contributed by atoms with Crippen LogP contribution in [-0.2, 0) is 6.54 Å². The first-order valence-electron chi connectivity index (χ1n) is 8.58. The van der Waals surface area contributed by atoms with E-state index >= 15 is 0 Å². The lowest BCUT2D eigenvalue weighted by molar-refractivity contribution is -0.745. The summed E-state index contributed by atoms with van der Waals surface area (Å²) in [5.41, 5.74) is 1.35. The van der Waals surface area contributed by atoms with Crippen molar-refractivity contribution in [2.45, 2.75) is 13.5 Å². The molecule has 1 heterocycles. The lowest BCUT2D eigenvalue weighted by Gasteiger charge is -2.05. The number of aromatic amines is 1. The zero-order valence-corrected chi connectivity index (χ0v) is 15.5. The average Bonchev–Trinajstić information content (AvgIpc) is 3.02. The maximum atomic E-state index is 12.6. The van der Waals surface area contributed by atoms with Crippen molar-refractivity contribution in [3.8, 4) is 0 Å². The Kier molecular flexibility index (Phi) is 5.59. The summed E-state index contributed by atoms with van der Waals surface area (Å²) in [7, 11) is 1.29. The minimum atomic E-state index is -0.730. The van der Waals surface area contributed by atoms with Gasteiger partial charge in [-0.25, -0.2) is 4.79 Å². The second kappa shape index (κ2) is 8.26. The molecule has 0 radical (unpaired) electrons. The molecule has 0 saturated carbocycles. The van der Waals surface area contributed by atoms with Gasteiger partial charge in [0.25, 0.3) is 5.69 Å². The molecule has 1 N–H and O–H groups in total. The molecule has 3 aromatic rings. The van der Waals surface area contributed by atoms with Gasteiger partial charge in [-0.05, 0) is 12.5 Å². The van der Waals surface area contributed by atoms with Gasteiger partial charge in [0.05, 0.1) is 6.21 Å². The number of hydrogen-bond donors (Lipinski definition) is 1. The van der Waals surface area contributed by atoms with E-state index in [1.165, 1.54) is 17.9 Å². The quantitative estimate of drug-likeness (QED) is 0.288. The highest BCUT2D eigenvalue weighted by Crippen LogP contribution is 2.04. The number of Topliss-reactive ketones (excluding diaryl/α,β-unsaturated/α-hetero) is 1. The van der Waals surface area contributed by atoms with Crippen LogP contribution in [0.1, 0.15) is 27.2 Å². The van der Waals surface area contributed by atoms with Crippen LogP contribution in [-0.4, -0.2) is 34.9 Å². The molecule has 142 valence electrons. The lowest BCUT2D eigenvalue weighted by Crippen LogP contribution is -2.48. The van der Waals surface area contributed by atoms with E-state index in [1.54, 1.807) is 12.1 Å². The summed E-state index contributed by atoms with van der Waals surface area (Å²) in [4.78, 5) is 29.6. The van der Waals surface area contributed by atoms with Crippen molar-refractivity contribution < 1.29 is 14.6 Å². The molecular formula is C20H19N5O3. The Balaban J connectivity index is 1.95. The molecule has 0 amide bonds.